The van der Waals surface area contributed by atoms with Crippen molar-refractivity contribution in [2.24, 2.45) is 5.41 Å². The third kappa shape index (κ3) is 3.16. The molecule has 1 spiro atoms. The Kier molecular flexibility index (Phi) is 4.34. The second-order valence-corrected chi connectivity index (χ2v) is 6.51. The third-order valence-electron chi connectivity index (χ3n) is 4.75. The van der Waals surface area contributed by atoms with E-state index in [1.807, 2.05) is 0 Å². The van der Waals surface area contributed by atoms with Gasteiger partial charge in [-0.15, -0.1) is 0 Å². The van der Waals surface area contributed by atoms with Gasteiger partial charge in [0.15, 0.2) is 0 Å². The number of anilines is 1. The Hall–Kier alpha value is -2.31. The summed E-state index contributed by atoms with van der Waals surface area (Å²) in [5, 5.41) is 2.32. The maximum Gasteiger partial charge on any atom is 0.244 e. The van der Waals surface area contributed by atoms with Gasteiger partial charge in [0.1, 0.15) is 18.2 Å². The van der Waals surface area contributed by atoms with Crippen LogP contribution in [0.5, 0.6) is 0 Å². The average Bonchev–Trinajstić information content (AvgIpc) is 2.71. The molecule has 1 aromatic rings. The van der Waals surface area contributed by atoms with Crippen LogP contribution in [-0.4, -0.2) is 29.2 Å². The quantitative estimate of drug-likeness (QED) is 0.863. The van der Waals surface area contributed by atoms with Crippen molar-refractivity contribution in [1.82, 2.24) is 4.90 Å². The molecule has 0 bridgehead atoms. The molecule has 2 aliphatic rings. The summed E-state index contributed by atoms with van der Waals surface area (Å²) in [4.78, 5) is 37.8. The molecule has 5 nitrogen and oxygen atoms in total. The van der Waals surface area contributed by atoms with Gasteiger partial charge in [0.25, 0.3) is 0 Å². The van der Waals surface area contributed by atoms with Crippen LogP contribution in [0.25, 0.3) is 0 Å². The van der Waals surface area contributed by atoms with Crippen LogP contribution in [0, 0.1) is 17.0 Å². The minimum Gasteiger partial charge on any atom is -0.324 e. The molecule has 128 valence electrons. The molecule has 1 aliphatic carbocycles. The van der Waals surface area contributed by atoms with Gasteiger partial charge in [0, 0.05) is 18.2 Å². The number of hydrogen-bond acceptors (Lipinski definition) is 3. The Labute approximate surface area is 138 Å². The summed E-state index contributed by atoms with van der Waals surface area (Å²) in [5.74, 6) is -2.95. The van der Waals surface area contributed by atoms with Crippen LogP contribution in [0.2, 0.25) is 0 Å². The normalized spacial score (nSPS) is 19.8. The zero-order chi connectivity index (χ0) is 17.3. The minimum absolute atomic E-state index is 0.0519. The first-order valence-corrected chi connectivity index (χ1v) is 8.00. The van der Waals surface area contributed by atoms with E-state index in [9.17, 15) is 23.2 Å². The molecule has 1 saturated carbocycles. The molecular formula is C17H18F2N2O3. The summed E-state index contributed by atoms with van der Waals surface area (Å²) >= 11 is 0. The molecule has 0 atom stereocenters. The zero-order valence-electron chi connectivity index (χ0n) is 13.1. The summed E-state index contributed by atoms with van der Waals surface area (Å²) in [5.41, 5.74) is -0.704. The summed E-state index contributed by atoms with van der Waals surface area (Å²) in [6.07, 6.45) is 4.35. The van der Waals surface area contributed by atoms with E-state index >= 15 is 0 Å². The van der Waals surface area contributed by atoms with Crippen LogP contribution in [0.3, 0.4) is 0 Å². The maximum absolute atomic E-state index is 13.1. The van der Waals surface area contributed by atoms with Crippen LogP contribution in [0.1, 0.15) is 38.5 Å². The van der Waals surface area contributed by atoms with Crippen LogP contribution < -0.4 is 5.32 Å². The number of imide groups is 1. The fourth-order valence-corrected chi connectivity index (χ4v) is 3.61. The van der Waals surface area contributed by atoms with Crippen molar-refractivity contribution in [1.29, 1.82) is 0 Å². The monoisotopic (exact) mass is 336 g/mol. The Balaban J connectivity index is 1.67. The lowest BCUT2D eigenvalue weighted by atomic mass is 9.73. The van der Waals surface area contributed by atoms with Crippen molar-refractivity contribution >= 4 is 23.4 Å². The number of hydrogen-bond donors (Lipinski definition) is 1. The molecule has 1 N–H and O–H groups in total. The number of likely N-dealkylation sites (tertiary alicyclic amines) is 1. The number of nitrogens with one attached hydrogen (secondary N) is 1. The Bertz CT molecular complexity index is 679. The smallest absolute Gasteiger partial charge is 0.244 e. The first-order valence-electron chi connectivity index (χ1n) is 8.00. The van der Waals surface area contributed by atoms with Crippen LogP contribution in [0.15, 0.2) is 18.2 Å². The summed E-state index contributed by atoms with van der Waals surface area (Å²) in [7, 11) is 0. The lowest BCUT2D eigenvalue weighted by Gasteiger charge is -2.30. The van der Waals surface area contributed by atoms with Gasteiger partial charge in [0.05, 0.1) is 5.41 Å². The second kappa shape index (κ2) is 6.30. The standard InChI is InChI=1S/C17H18F2N2O3/c18-11-6-12(19)8-13(7-11)20-14(22)10-21-15(23)9-17(16(21)24)4-2-1-3-5-17/h6-8H,1-5,9-10H2,(H,20,22). The van der Waals surface area contributed by atoms with E-state index in [0.717, 1.165) is 36.3 Å². The van der Waals surface area contributed by atoms with E-state index in [-0.39, 0.29) is 23.9 Å². The van der Waals surface area contributed by atoms with Gasteiger partial charge in [0.2, 0.25) is 17.7 Å². The van der Waals surface area contributed by atoms with Crippen molar-refractivity contribution in [3.8, 4) is 0 Å². The average molecular weight is 336 g/mol. The van der Waals surface area contributed by atoms with Gasteiger partial charge >= 0.3 is 0 Å². The second-order valence-electron chi connectivity index (χ2n) is 6.51. The zero-order valence-corrected chi connectivity index (χ0v) is 13.1. The molecule has 7 heteroatoms. The highest BCUT2D eigenvalue weighted by Crippen LogP contribution is 2.45. The Morgan fingerprint density at radius 1 is 1.08 bits per heavy atom. The Morgan fingerprint density at radius 3 is 2.33 bits per heavy atom. The van der Waals surface area contributed by atoms with Gasteiger partial charge < -0.3 is 5.32 Å². The van der Waals surface area contributed by atoms with E-state index in [1.165, 1.54) is 0 Å². The van der Waals surface area contributed by atoms with Crippen LogP contribution >= 0.6 is 0 Å². The van der Waals surface area contributed by atoms with Crippen molar-refractivity contribution in [3.63, 3.8) is 0 Å². The molecular weight excluding hydrogens is 318 g/mol. The number of benzene rings is 1. The van der Waals surface area contributed by atoms with Crippen molar-refractivity contribution in [3.05, 3.63) is 29.8 Å². The molecule has 0 aromatic heterocycles. The van der Waals surface area contributed by atoms with Crippen LogP contribution in [0.4, 0.5) is 14.5 Å². The van der Waals surface area contributed by atoms with Crippen LogP contribution in [-0.2, 0) is 14.4 Å². The maximum atomic E-state index is 13.1. The highest BCUT2D eigenvalue weighted by Gasteiger charge is 2.51. The number of halogens is 2. The van der Waals surface area contributed by atoms with E-state index < -0.39 is 29.5 Å². The van der Waals surface area contributed by atoms with E-state index in [1.54, 1.807) is 0 Å². The third-order valence-corrected chi connectivity index (χ3v) is 4.75. The van der Waals surface area contributed by atoms with Gasteiger partial charge in [-0.25, -0.2) is 8.78 Å². The predicted molar refractivity (Wildman–Crippen MR) is 81.8 cm³/mol. The molecule has 2 fully saturated rings. The number of amides is 3. The first kappa shape index (κ1) is 16.5. The molecule has 3 rings (SSSR count). The van der Waals surface area contributed by atoms with Crippen molar-refractivity contribution in [2.75, 3.05) is 11.9 Å². The molecule has 3 amide bonds. The molecule has 1 aromatic carbocycles. The molecule has 1 saturated heterocycles. The molecule has 1 heterocycles. The van der Waals surface area contributed by atoms with Gasteiger partial charge in [-0.2, -0.15) is 0 Å². The van der Waals surface area contributed by atoms with Crippen molar-refractivity contribution < 1.29 is 23.2 Å². The minimum atomic E-state index is -0.820. The number of nitrogens with zero attached hydrogens (tertiary/aromatic N) is 1. The molecule has 24 heavy (non-hydrogen) atoms. The fraction of sp³-hybridized carbons (Fsp3) is 0.471. The Morgan fingerprint density at radius 2 is 1.71 bits per heavy atom. The highest BCUT2D eigenvalue weighted by molar-refractivity contribution is 6.09. The lowest BCUT2D eigenvalue weighted by Crippen LogP contribution is -2.41. The lowest BCUT2D eigenvalue weighted by molar-refractivity contribution is -0.144. The van der Waals surface area contributed by atoms with Gasteiger partial charge in [-0.05, 0) is 25.0 Å². The van der Waals surface area contributed by atoms with Gasteiger partial charge in [-0.3, -0.25) is 19.3 Å². The number of carbonyl (C=O) groups excluding carboxylic acids is 3. The topological polar surface area (TPSA) is 66.5 Å². The summed E-state index contributed by atoms with van der Waals surface area (Å²) in [6.45, 7) is -0.433. The molecule has 1 aliphatic heterocycles. The number of rotatable bonds is 3. The van der Waals surface area contributed by atoms with E-state index in [2.05, 4.69) is 5.32 Å². The predicted octanol–water partition coefficient (Wildman–Crippen LogP) is 2.61. The molecule has 0 unspecified atom stereocenters. The largest absolute Gasteiger partial charge is 0.324 e. The van der Waals surface area contributed by atoms with Gasteiger partial charge in [-0.1, -0.05) is 19.3 Å². The highest BCUT2D eigenvalue weighted by atomic mass is 19.1. The SMILES string of the molecule is O=C(CN1C(=O)CC2(CCCCC2)C1=O)Nc1cc(F)cc(F)c1. The fourth-order valence-electron chi connectivity index (χ4n) is 3.61. The van der Waals surface area contributed by atoms with Crippen molar-refractivity contribution in [2.45, 2.75) is 38.5 Å². The number of carbonyl (C=O) groups is 3. The molecule has 0 radical (unpaired) electrons. The van der Waals surface area contributed by atoms with E-state index in [4.69, 9.17) is 0 Å². The summed E-state index contributed by atoms with van der Waals surface area (Å²) in [6, 6.07) is 2.63. The van der Waals surface area contributed by atoms with E-state index in [0.29, 0.717) is 18.9 Å². The summed E-state index contributed by atoms with van der Waals surface area (Å²) < 4.78 is 26.3. The first-order chi connectivity index (χ1) is 11.4.